The number of nitrogens with one attached hydrogen (secondary N) is 1. The van der Waals surface area contributed by atoms with E-state index in [2.05, 4.69) is 15.4 Å². The number of aromatic nitrogens is 3. The van der Waals surface area contributed by atoms with Crippen molar-refractivity contribution in [3.05, 3.63) is 58.4 Å². The van der Waals surface area contributed by atoms with Gasteiger partial charge in [0.2, 0.25) is 0 Å². The van der Waals surface area contributed by atoms with E-state index in [0.717, 1.165) is 12.1 Å². The molecule has 0 aliphatic rings. The smallest absolute Gasteiger partial charge is 0.425 e. The van der Waals surface area contributed by atoms with Crippen LogP contribution in [0.4, 0.5) is 27.6 Å². The van der Waals surface area contributed by atoms with Gasteiger partial charge in [-0.2, -0.15) is 18.3 Å². The van der Waals surface area contributed by atoms with Crippen molar-refractivity contribution in [1.82, 2.24) is 14.8 Å². The van der Waals surface area contributed by atoms with Crippen LogP contribution in [0, 0.1) is 11.6 Å². The molecule has 0 aliphatic carbocycles. The highest BCUT2D eigenvalue weighted by Gasteiger charge is 2.39. The van der Waals surface area contributed by atoms with Crippen molar-refractivity contribution >= 4 is 23.2 Å². The molecule has 3 aromatic rings. The summed E-state index contributed by atoms with van der Waals surface area (Å²) in [6, 6.07) is 5.01. The monoisotopic (exact) mass is 504 g/mol. The fourth-order valence-electron chi connectivity index (χ4n) is 2.93. The third-order valence-corrected chi connectivity index (χ3v) is 5.01. The first kappa shape index (κ1) is 25.4. The Hall–Kier alpha value is -3.25. The van der Waals surface area contributed by atoms with Crippen molar-refractivity contribution in [1.29, 1.82) is 0 Å². The number of benzene rings is 2. The van der Waals surface area contributed by atoms with E-state index < -0.39 is 52.9 Å². The number of hydrogen-bond donors (Lipinski definition) is 2. The minimum Gasteiger partial charge on any atom is -0.480 e. The van der Waals surface area contributed by atoms with Crippen LogP contribution in [0.2, 0.25) is 5.02 Å². The predicted octanol–water partition coefficient (Wildman–Crippen LogP) is 5.05. The summed E-state index contributed by atoms with van der Waals surface area (Å²) in [4.78, 5) is 16.8. The zero-order valence-electron chi connectivity index (χ0n) is 17.9. The number of hydrogen-bond acceptors (Lipinski definition) is 5. The van der Waals surface area contributed by atoms with Gasteiger partial charge in [0.15, 0.2) is 17.8 Å². The zero-order valence-corrected chi connectivity index (χ0v) is 18.7. The molecule has 0 fully saturated rings. The Morgan fingerprint density at radius 1 is 1.21 bits per heavy atom. The number of rotatable bonds is 6. The normalized spacial score (nSPS) is 13.5. The minimum absolute atomic E-state index is 0.0662. The molecule has 2 atom stereocenters. The standard InChI is InChI=1S/C21H18ClF5N4O3/c1-9(32)19-29-18(30-31(19)3)11-8-16(34-10(2)21(25,26)27)12(7-15(11)24)20(33)28-17-13(22)5-4-6-14(17)23/h4-10,32H,1-3H3,(H,28,33)/t9?,10-/m0/s1. The Bertz CT molecular complexity index is 1210. The molecule has 0 radical (unpaired) electrons. The second-order valence-corrected chi connectivity index (χ2v) is 7.68. The molecule has 1 unspecified atom stereocenters. The van der Waals surface area contributed by atoms with Crippen molar-refractivity contribution in [3.8, 4) is 17.1 Å². The van der Waals surface area contributed by atoms with Crippen LogP contribution in [0.5, 0.6) is 5.75 Å². The molecule has 1 heterocycles. The van der Waals surface area contributed by atoms with Gasteiger partial charge < -0.3 is 15.2 Å². The Morgan fingerprint density at radius 3 is 2.44 bits per heavy atom. The average Bonchev–Trinajstić information content (AvgIpc) is 3.12. The van der Waals surface area contributed by atoms with Crippen LogP contribution in [0.15, 0.2) is 30.3 Å². The maximum Gasteiger partial charge on any atom is 0.425 e. The number of aliphatic hydroxyl groups excluding tert-OH is 1. The minimum atomic E-state index is -4.81. The van der Waals surface area contributed by atoms with Gasteiger partial charge in [0.25, 0.3) is 5.91 Å². The summed E-state index contributed by atoms with van der Waals surface area (Å²) in [5.41, 5.74) is -1.47. The fraction of sp³-hybridized carbons (Fsp3) is 0.286. The summed E-state index contributed by atoms with van der Waals surface area (Å²) in [5, 5.41) is 15.6. The van der Waals surface area contributed by atoms with Gasteiger partial charge in [-0.25, -0.2) is 13.8 Å². The zero-order chi connectivity index (χ0) is 25.4. The number of aliphatic hydroxyl groups is 1. The molecule has 2 aromatic carbocycles. The number of anilines is 1. The van der Waals surface area contributed by atoms with E-state index in [1.807, 2.05) is 0 Å². The van der Waals surface area contributed by atoms with Crippen LogP contribution >= 0.6 is 11.6 Å². The van der Waals surface area contributed by atoms with Crippen LogP contribution in [-0.4, -0.2) is 38.1 Å². The van der Waals surface area contributed by atoms with Gasteiger partial charge in [0.1, 0.15) is 23.5 Å². The summed E-state index contributed by atoms with van der Waals surface area (Å²) in [6.07, 6.45) is -8.25. The number of halogens is 6. The Balaban J connectivity index is 2.10. The van der Waals surface area contributed by atoms with Gasteiger partial charge in [-0.15, -0.1) is 0 Å². The summed E-state index contributed by atoms with van der Waals surface area (Å²) >= 11 is 5.88. The highest BCUT2D eigenvalue weighted by Crippen LogP contribution is 2.34. The molecule has 0 bridgehead atoms. The molecule has 1 aromatic heterocycles. The van der Waals surface area contributed by atoms with E-state index in [-0.39, 0.29) is 22.2 Å². The van der Waals surface area contributed by atoms with Gasteiger partial charge in [-0.1, -0.05) is 17.7 Å². The number of alkyl halides is 3. The van der Waals surface area contributed by atoms with Gasteiger partial charge in [0.05, 0.1) is 21.8 Å². The van der Waals surface area contributed by atoms with Crippen molar-refractivity contribution in [3.63, 3.8) is 0 Å². The molecular formula is C21H18ClF5N4O3. The molecule has 0 saturated heterocycles. The molecule has 0 saturated carbocycles. The number of aryl methyl sites for hydroxylation is 1. The van der Waals surface area contributed by atoms with Crippen molar-refractivity contribution in [2.24, 2.45) is 7.05 Å². The number of ether oxygens (including phenoxy) is 1. The lowest BCUT2D eigenvalue weighted by molar-refractivity contribution is -0.189. The number of carbonyl (C=O) groups is 1. The number of carbonyl (C=O) groups excluding carboxylic acids is 1. The summed E-state index contributed by atoms with van der Waals surface area (Å²) in [6.45, 7) is 2.09. The first-order chi connectivity index (χ1) is 15.8. The maximum absolute atomic E-state index is 15.0. The van der Waals surface area contributed by atoms with Gasteiger partial charge in [-0.3, -0.25) is 9.48 Å². The third-order valence-electron chi connectivity index (χ3n) is 4.69. The lowest BCUT2D eigenvalue weighted by Crippen LogP contribution is -2.32. The van der Waals surface area contributed by atoms with E-state index in [4.69, 9.17) is 16.3 Å². The second-order valence-electron chi connectivity index (χ2n) is 7.27. The molecular weight excluding hydrogens is 487 g/mol. The van der Waals surface area contributed by atoms with Gasteiger partial charge in [-0.05, 0) is 38.1 Å². The van der Waals surface area contributed by atoms with Crippen LogP contribution in [-0.2, 0) is 7.05 Å². The molecule has 0 aliphatic heterocycles. The molecule has 34 heavy (non-hydrogen) atoms. The van der Waals surface area contributed by atoms with Crippen molar-refractivity contribution < 1.29 is 36.6 Å². The van der Waals surface area contributed by atoms with Crippen LogP contribution < -0.4 is 10.1 Å². The Morgan fingerprint density at radius 2 is 1.88 bits per heavy atom. The SMILES string of the molecule is CC(O)c1nc(-c2cc(O[C@@H](C)C(F)(F)F)c(C(=O)Nc3c(F)cccc3Cl)cc2F)nn1C. The predicted molar refractivity (Wildman–Crippen MR) is 113 cm³/mol. The summed E-state index contributed by atoms with van der Waals surface area (Å²) in [7, 11) is 1.43. The number of nitrogens with zero attached hydrogens (tertiary/aromatic N) is 3. The van der Waals surface area contributed by atoms with Crippen molar-refractivity contribution in [2.45, 2.75) is 32.2 Å². The first-order valence-electron chi connectivity index (χ1n) is 9.71. The molecule has 7 nitrogen and oxygen atoms in total. The summed E-state index contributed by atoms with van der Waals surface area (Å²) in [5.74, 6) is -3.99. The Kier molecular flexibility index (Phi) is 7.13. The quantitative estimate of drug-likeness (QED) is 0.459. The van der Waals surface area contributed by atoms with Crippen LogP contribution in [0.1, 0.15) is 36.1 Å². The fourth-order valence-corrected chi connectivity index (χ4v) is 3.14. The lowest BCUT2D eigenvalue weighted by Gasteiger charge is -2.20. The van der Waals surface area contributed by atoms with Crippen LogP contribution in [0.25, 0.3) is 11.4 Å². The molecule has 2 N–H and O–H groups in total. The average molecular weight is 505 g/mol. The topological polar surface area (TPSA) is 89.3 Å². The molecule has 0 spiro atoms. The van der Waals surface area contributed by atoms with E-state index in [0.29, 0.717) is 13.0 Å². The molecule has 3 rings (SSSR count). The van der Waals surface area contributed by atoms with Gasteiger partial charge >= 0.3 is 6.18 Å². The van der Waals surface area contributed by atoms with E-state index in [9.17, 15) is 31.9 Å². The molecule has 1 amide bonds. The second kappa shape index (κ2) is 9.55. The summed E-state index contributed by atoms with van der Waals surface area (Å²) < 4.78 is 74.6. The number of para-hydroxylation sites is 1. The molecule has 182 valence electrons. The highest BCUT2D eigenvalue weighted by atomic mass is 35.5. The van der Waals surface area contributed by atoms with E-state index in [1.54, 1.807) is 0 Å². The van der Waals surface area contributed by atoms with Crippen molar-refractivity contribution in [2.75, 3.05) is 5.32 Å². The van der Waals surface area contributed by atoms with Crippen LogP contribution in [0.3, 0.4) is 0 Å². The third kappa shape index (κ3) is 5.28. The van der Waals surface area contributed by atoms with E-state index >= 15 is 0 Å². The molecule has 13 heteroatoms. The largest absolute Gasteiger partial charge is 0.480 e. The maximum atomic E-state index is 15.0. The lowest BCUT2D eigenvalue weighted by atomic mass is 10.1. The number of amides is 1. The Labute approximate surface area is 195 Å². The van der Waals surface area contributed by atoms with E-state index in [1.165, 1.54) is 30.8 Å². The van der Waals surface area contributed by atoms with Gasteiger partial charge in [0, 0.05) is 7.05 Å². The first-order valence-corrected chi connectivity index (χ1v) is 10.1. The highest BCUT2D eigenvalue weighted by molar-refractivity contribution is 6.34.